The Morgan fingerprint density at radius 2 is 1.74 bits per heavy atom. The van der Waals surface area contributed by atoms with Crippen molar-refractivity contribution >= 4 is 23.5 Å². The van der Waals surface area contributed by atoms with Gasteiger partial charge < -0.3 is 14.6 Å². The van der Waals surface area contributed by atoms with Crippen LogP contribution in [0.25, 0.3) is 0 Å². The molecule has 2 saturated heterocycles. The maximum absolute atomic E-state index is 14.7. The van der Waals surface area contributed by atoms with Crippen LogP contribution >= 0.6 is 0 Å². The molecule has 2 amide bonds. The molecule has 8 nitrogen and oxygen atoms in total. The van der Waals surface area contributed by atoms with Gasteiger partial charge in [-0.15, -0.1) is 5.10 Å². The second-order valence-corrected chi connectivity index (χ2v) is 10.1. The number of hydrogen-bond donors (Lipinski definition) is 2. The Balaban J connectivity index is 1.06. The molecule has 0 radical (unpaired) electrons. The van der Waals surface area contributed by atoms with Crippen molar-refractivity contribution < 1.29 is 36.0 Å². The Morgan fingerprint density at radius 1 is 1.09 bits per heavy atom. The van der Waals surface area contributed by atoms with Crippen LogP contribution in [-0.2, 0) is 15.0 Å². The van der Waals surface area contributed by atoms with Crippen LogP contribution < -0.4 is 15.5 Å². The van der Waals surface area contributed by atoms with Crippen LogP contribution in [0.2, 0.25) is 0 Å². The summed E-state index contributed by atoms with van der Waals surface area (Å²) in [5.41, 5.74) is -2.35. The smallest absolute Gasteiger partial charge is 0.394 e. The van der Waals surface area contributed by atoms with E-state index in [9.17, 15) is 31.5 Å². The number of aromatic nitrogens is 2. The van der Waals surface area contributed by atoms with E-state index in [2.05, 4.69) is 20.8 Å². The summed E-state index contributed by atoms with van der Waals surface area (Å²) in [5, 5.41) is 12.9. The third kappa shape index (κ3) is 3.30. The minimum atomic E-state index is -4.22. The summed E-state index contributed by atoms with van der Waals surface area (Å²) in [5.74, 6) is -3.76. The lowest BCUT2D eigenvalue weighted by molar-refractivity contribution is -0.340. The highest BCUT2D eigenvalue weighted by atomic mass is 19.4. The SMILES string of the molecule is O=C1CCC(c2c(F)cc(N3CC(Nc4nnc(C56CC(C(F)(F)F)(C5)C6)o4)C3)cc2F)C(=O)N1. The minimum Gasteiger partial charge on any atom is -0.408 e. The molecule has 7 rings (SSSR count). The first kappa shape index (κ1) is 22.2. The molecular formula is C22H20F5N5O3. The third-order valence-corrected chi connectivity index (χ3v) is 7.74. The van der Waals surface area contributed by atoms with Crippen molar-refractivity contribution in [2.75, 3.05) is 23.3 Å². The highest BCUT2D eigenvalue weighted by Crippen LogP contribution is 2.78. The van der Waals surface area contributed by atoms with Gasteiger partial charge in [-0.3, -0.25) is 14.9 Å². The van der Waals surface area contributed by atoms with Crippen LogP contribution in [0, 0.1) is 17.0 Å². The van der Waals surface area contributed by atoms with Gasteiger partial charge >= 0.3 is 12.2 Å². The maximum atomic E-state index is 14.7. The number of alkyl halides is 3. The fraction of sp³-hybridized carbons (Fsp3) is 0.545. The number of anilines is 2. The van der Waals surface area contributed by atoms with E-state index in [1.165, 1.54) is 0 Å². The molecule has 1 aromatic carbocycles. The molecule has 2 aliphatic heterocycles. The molecule has 5 aliphatic rings. The summed E-state index contributed by atoms with van der Waals surface area (Å²) >= 11 is 0. The third-order valence-electron chi connectivity index (χ3n) is 7.74. The maximum Gasteiger partial charge on any atom is 0.394 e. The van der Waals surface area contributed by atoms with Crippen molar-refractivity contribution in [1.29, 1.82) is 0 Å². The first-order valence-corrected chi connectivity index (χ1v) is 11.2. The molecule has 35 heavy (non-hydrogen) atoms. The largest absolute Gasteiger partial charge is 0.408 e. The summed E-state index contributed by atoms with van der Waals surface area (Å²) in [4.78, 5) is 25.0. The number of benzene rings is 1. The van der Waals surface area contributed by atoms with Crippen molar-refractivity contribution in [1.82, 2.24) is 15.5 Å². The molecule has 2 bridgehead atoms. The molecule has 2 aromatic rings. The van der Waals surface area contributed by atoms with E-state index in [1.807, 2.05) is 0 Å². The lowest BCUT2D eigenvalue weighted by Gasteiger charge is -2.68. The Kier molecular flexibility index (Phi) is 4.53. The van der Waals surface area contributed by atoms with Crippen molar-refractivity contribution in [2.24, 2.45) is 5.41 Å². The first-order valence-electron chi connectivity index (χ1n) is 11.2. The normalized spacial score (nSPS) is 30.3. The first-order chi connectivity index (χ1) is 16.5. The standard InChI is InChI=1S/C22H20F5N5O3/c23-13-3-11(4-14(24)16(13)12-1-2-15(33)29-17(12)34)32-5-10(6-32)28-19-31-30-18(35-19)20-7-21(8-20,9-20)22(25,26)27/h3-4,10,12H,1-2,5-9H2,(H,28,31)(H,29,33,34). The fourth-order valence-electron chi connectivity index (χ4n) is 5.82. The van der Waals surface area contributed by atoms with Gasteiger partial charge in [0.05, 0.1) is 22.8 Å². The number of rotatable bonds is 5. The highest BCUT2D eigenvalue weighted by Gasteiger charge is 2.80. The predicted octanol–water partition coefficient (Wildman–Crippen LogP) is 3.15. The zero-order valence-corrected chi connectivity index (χ0v) is 18.2. The molecule has 1 unspecified atom stereocenters. The molecule has 0 spiro atoms. The Labute approximate surface area is 195 Å². The number of nitrogens with zero attached hydrogens (tertiary/aromatic N) is 3. The van der Waals surface area contributed by atoms with Gasteiger partial charge in [-0.25, -0.2) is 8.78 Å². The molecule has 1 atom stereocenters. The van der Waals surface area contributed by atoms with Gasteiger partial charge in [-0.1, -0.05) is 5.10 Å². The van der Waals surface area contributed by atoms with Gasteiger partial charge in [-0.2, -0.15) is 13.2 Å². The molecule has 1 aromatic heterocycles. The number of piperidine rings is 1. The fourth-order valence-corrected chi connectivity index (χ4v) is 5.82. The molecule has 3 aliphatic carbocycles. The number of halogens is 5. The van der Waals surface area contributed by atoms with Crippen molar-refractivity contribution in [3.05, 3.63) is 35.2 Å². The Bertz CT molecular complexity index is 1200. The minimum absolute atomic E-state index is 0.0121. The van der Waals surface area contributed by atoms with E-state index in [4.69, 9.17) is 4.42 Å². The van der Waals surface area contributed by atoms with Crippen LogP contribution in [0.15, 0.2) is 16.5 Å². The van der Waals surface area contributed by atoms with Crippen LogP contribution in [-0.4, -0.2) is 47.3 Å². The number of carbonyl (C=O) groups excluding carboxylic acids is 2. The Hall–Kier alpha value is -3.25. The van der Waals surface area contributed by atoms with Gasteiger partial charge in [0.25, 0.3) is 0 Å². The molecule has 2 N–H and O–H groups in total. The van der Waals surface area contributed by atoms with E-state index in [0.717, 1.165) is 12.1 Å². The summed E-state index contributed by atoms with van der Waals surface area (Å²) in [6.45, 7) is 0.743. The lowest BCUT2D eigenvalue weighted by atomic mass is 9.34. The lowest BCUT2D eigenvalue weighted by Crippen LogP contribution is -2.70. The number of carbonyl (C=O) groups is 2. The van der Waals surface area contributed by atoms with Crippen LogP contribution in [0.5, 0.6) is 0 Å². The zero-order chi connectivity index (χ0) is 24.8. The molecule has 3 saturated carbocycles. The summed E-state index contributed by atoms with van der Waals surface area (Å²) in [7, 11) is 0. The van der Waals surface area contributed by atoms with E-state index < -0.39 is 46.4 Å². The zero-order valence-electron chi connectivity index (χ0n) is 18.2. The predicted molar refractivity (Wildman–Crippen MR) is 109 cm³/mol. The van der Waals surface area contributed by atoms with Gasteiger partial charge in [0, 0.05) is 30.8 Å². The molecule has 186 valence electrons. The molecule has 3 heterocycles. The second-order valence-electron chi connectivity index (χ2n) is 10.1. The van der Waals surface area contributed by atoms with Crippen molar-refractivity contribution in [3.63, 3.8) is 0 Å². The highest BCUT2D eigenvalue weighted by molar-refractivity contribution is 6.01. The van der Waals surface area contributed by atoms with E-state index in [1.54, 1.807) is 4.90 Å². The number of nitrogens with one attached hydrogen (secondary N) is 2. The topological polar surface area (TPSA) is 100 Å². The van der Waals surface area contributed by atoms with Crippen molar-refractivity contribution in [3.8, 4) is 0 Å². The number of amides is 2. The van der Waals surface area contributed by atoms with Crippen molar-refractivity contribution in [2.45, 2.75) is 55.7 Å². The van der Waals surface area contributed by atoms with Gasteiger partial charge in [0.2, 0.25) is 17.7 Å². The second kappa shape index (κ2) is 7.14. The molecule has 13 heteroatoms. The monoisotopic (exact) mass is 497 g/mol. The Morgan fingerprint density at radius 3 is 2.34 bits per heavy atom. The van der Waals surface area contributed by atoms with Gasteiger partial charge in [0.15, 0.2) is 0 Å². The average Bonchev–Trinajstić information content (AvgIpc) is 3.10. The quantitative estimate of drug-likeness (QED) is 0.484. The summed E-state index contributed by atoms with van der Waals surface area (Å²) in [6.07, 6.45) is -4.27. The van der Waals surface area contributed by atoms with E-state index >= 15 is 0 Å². The summed E-state index contributed by atoms with van der Waals surface area (Å²) < 4.78 is 74.2. The van der Waals surface area contributed by atoms with Gasteiger partial charge in [-0.05, 0) is 37.8 Å². The number of hydrogen-bond acceptors (Lipinski definition) is 7. The van der Waals surface area contributed by atoms with Crippen LogP contribution in [0.4, 0.5) is 33.7 Å². The van der Waals surface area contributed by atoms with Crippen LogP contribution in [0.1, 0.15) is 49.5 Å². The average molecular weight is 497 g/mol. The molecule has 5 fully saturated rings. The summed E-state index contributed by atoms with van der Waals surface area (Å²) in [6, 6.07) is 2.24. The molecular weight excluding hydrogens is 477 g/mol. The van der Waals surface area contributed by atoms with E-state index in [0.29, 0.717) is 18.8 Å². The van der Waals surface area contributed by atoms with Crippen LogP contribution in [0.3, 0.4) is 0 Å². The van der Waals surface area contributed by atoms with E-state index in [-0.39, 0.29) is 55.6 Å². The number of imide groups is 1. The van der Waals surface area contributed by atoms with Gasteiger partial charge in [0.1, 0.15) is 11.6 Å².